The summed E-state index contributed by atoms with van der Waals surface area (Å²) in [6, 6.07) is 1.35. The van der Waals surface area contributed by atoms with Crippen LogP contribution in [0.1, 0.15) is 44.9 Å². The number of piperidine rings is 3. The minimum absolute atomic E-state index is 0.322. The zero-order valence-corrected chi connectivity index (χ0v) is 11.7. The van der Waals surface area contributed by atoms with Crippen LogP contribution < -0.4 is 5.32 Å². The van der Waals surface area contributed by atoms with Crippen molar-refractivity contribution in [3.05, 3.63) is 0 Å². The van der Waals surface area contributed by atoms with Crippen molar-refractivity contribution in [3.63, 3.8) is 0 Å². The van der Waals surface area contributed by atoms with Crippen molar-refractivity contribution in [2.75, 3.05) is 19.6 Å². The topological polar surface area (TPSA) is 52.6 Å². The molecule has 3 rings (SSSR count). The first-order chi connectivity index (χ1) is 9.25. The highest BCUT2D eigenvalue weighted by molar-refractivity contribution is 5.66. The number of nitrogens with zero attached hydrogens (tertiary/aromatic N) is 1. The molecule has 3 saturated heterocycles. The molecule has 4 nitrogen and oxygen atoms in total. The molecule has 0 saturated carbocycles. The molecular formula is C15H26N2O2. The zero-order chi connectivity index (χ0) is 13.2. The lowest BCUT2D eigenvalue weighted by atomic mass is 9.70. The summed E-state index contributed by atoms with van der Waals surface area (Å²) in [7, 11) is 0. The van der Waals surface area contributed by atoms with Crippen molar-refractivity contribution in [1.29, 1.82) is 0 Å². The number of aliphatic carboxylic acids is 1. The maximum Gasteiger partial charge on any atom is 0.303 e. The monoisotopic (exact) mass is 266 g/mol. The average Bonchev–Trinajstić information content (AvgIpc) is 2.41. The van der Waals surface area contributed by atoms with Gasteiger partial charge in [0.1, 0.15) is 0 Å². The van der Waals surface area contributed by atoms with E-state index in [1.54, 1.807) is 0 Å². The van der Waals surface area contributed by atoms with Crippen LogP contribution in [0.15, 0.2) is 0 Å². The molecule has 0 aliphatic carbocycles. The fourth-order valence-electron chi connectivity index (χ4n) is 4.66. The summed E-state index contributed by atoms with van der Waals surface area (Å²) in [5.74, 6) is 0.952. The Morgan fingerprint density at radius 3 is 2.84 bits per heavy atom. The Morgan fingerprint density at radius 1 is 1.26 bits per heavy atom. The van der Waals surface area contributed by atoms with Crippen LogP contribution in [0.2, 0.25) is 0 Å². The fraction of sp³-hybridized carbons (Fsp3) is 0.933. The lowest BCUT2D eigenvalue weighted by Gasteiger charge is -2.54. The van der Waals surface area contributed by atoms with E-state index in [-0.39, 0.29) is 0 Å². The second kappa shape index (κ2) is 5.80. The minimum atomic E-state index is -0.656. The molecule has 4 atom stereocenters. The largest absolute Gasteiger partial charge is 0.481 e. The molecule has 108 valence electrons. The molecule has 0 spiro atoms. The van der Waals surface area contributed by atoms with E-state index in [4.69, 9.17) is 5.11 Å². The van der Waals surface area contributed by atoms with E-state index in [1.807, 2.05) is 0 Å². The molecule has 0 aromatic carbocycles. The first-order valence-corrected chi connectivity index (χ1v) is 7.95. The predicted molar refractivity (Wildman–Crippen MR) is 74.1 cm³/mol. The van der Waals surface area contributed by atoms with Gasteiger partial charge in [-0.15, -0.1) is 0 Å². The molecule has 1 unspecified atom stereocenters. The molecule has 2 N–H and O–H groups in total. The highest BCUT2D eigenvalue weighted by Gasteiger charge is 2.45. The Hall–Kier alpha value is -0.610. The summed E-state index contributed by atoms with van der Waals surface area (Å²) in [6.45, 7) is 3.73. The number of carboxylic acids is 1. The van der Waals surface area contributed by atoms with Crippen molar-refractivity contribution in [1.82, 2.24) is 10.2 Å². The Kier molecular flexibility index (Phi) is 4.08. The van der Waals surface area contributed by atoms with E-state index in [1.165, 1.54) is 38.8 Å². The van der Waals surface area contributed by atoms with Crippen molar-refractivity contribution >= 4 is 5.97 Å². The van der Waals surface area contributed by atoms with E-state index >= 15 is 0 Å². The number of carbonyl (C=O) groups is 1. The Morgan fingerprint density at radius 2 is 2.05 bits per heavy atom. The number of hydrogen-bond donors (Lipinski definition) is 2. The van der Waals surface area contributed by atoms with E-state index < -0.39 is 5.97 Å². The summed E-state index contributed by atoms with van der Waals surface area (Å²) in [5.41, 5.74) is 0. The molecular weight excluding hydrogens is 240 g/mol. The van der Waals surface area contributed by atoms with Gasteiger partial charge in [0.15, 0.2) is 0 Å². The SMILES string of the molecule is O=C(O)CCCC1NC[C@@H]2CCCN3CCC[C@H]1[C@H]23. The molecule has 19 heavy (non-hydrogen) atoms. The van der Waals surface area contributed by atoms with Gasteiger partial charge in [0.05, 0.1) is 0 Å². The third-order valence-electron chi connectivity index (χ3n) is 5.41. The number of nitrogens with one attached hydrogen (secondary N) is 1. The fourth-order valence-corrected chi connectivity index (χ4v) is 4.66. The van der Waals surface area contributed by atoms with Gasteiger partial charge in [0, 0.05) is 18.5 Å². The number of hydrogen-bond acceptors (Lipinski definition) is 3. The van der Waals surface area contributed by atoms with E-state index in [0.29, 0.717) is 12.5 Å². The zero-order valence-electron chi connectivity index (χ0n) is 11.7. The summed E-state index contributed by atoms with van der Waals surface area (Å²) in [6.07, 6.45) is 7.58. The molecule has 0 amide bonds. The minimum Gasteiger partial charge on any atom is -0.481 e. The highest BCUT2D eigenvalue weighted by Crippen LogP contribution is 2.39. The van der Waals surface area contributed by atoms with Crippen LogP contribution in [-0.4, -0.2) is 47.7 Å². The van der Waals surface area contributed by atoms with Gasteiger partial charge in [0.2, 0.25) is 0 Å². The van der Waals surface area contributed by atoms with Crippen LogP contribution >= 0.6 is 0 Å². The third-order valence-corrected chi connectivity index (χ3v) is 5.41. The standard InChI is InChI=1S/C15H26N2O2/c18-14(19)7-1-6-13-12-5-3-9-17-8-2-4-11(10-16-13)15(12)17/h11-13,15-16H,1-10H2,(H,18,19)/t11-,12+,13?,15-/m0/s1. The molecule has 3 aliphatic rings. The van der Waals surface area contributed by atoms with Gasteiger partial charge < -0.3 is 10.4 Å². The van der Waals surface area contributed by atoms with Crippen molar-refractivity contribution in [3.8, 4) is 0 Å². The first-order valence-electron chi connectivity index (χ1n) is 7.95. The van der Waals surface area contributed by atoms with E-state index in [9.17, 15) is 4.79 Å². The molecule has 4 heteroatoms. The summed E-state index contributed by atoms with van der Waals surface area (Å²) < 4.78 is 0. The molecule has 0 radical (unpaired) electrons. The smallest absolute Gasteiger partial charge is 0.303 e. The molecule has 3 heterocycles. The van der Waals surface area contributed by atoms with Crippen molar-refractivity contribution in [2.24, 2.45) is 11.8 Å². The van der Waals surface area contributed by atoms with Gasteiger partial charge in [-0.25, -0.2) is 0 Å². The number of rotatable bonds is 4. The molecule has 0 bridgehead atoms. The van der Waals surface area contributed by atoms with Crippen LogP contribution in [-0.2, 0) is 4.79 Å². The van der Waals surface area contributed by atoms with Crippen LogP contribution in [0.3, 0.4) is 0 Å². The van der Waals surface area contributed by atoms with Gasteiger partial charge in [-0.1, -0.05) is 0 Å². The van der Waals surface area contributed by atoms with Gasteiger partial charge in [-0.3, -0.25) is 9.69 Å². The summed E-state index contributed by atoms with van der Waals surface area (Å²) >= 11 is 0. The van der Waals surface area contributed by atoms with Crippen LogP contribution in [0.4, 0.5) is 0 Å². The maximum atomic E-state index is 10.7. The summed E-state index contributed by atoms with van der Waals surface area (Å²) in [5, 5.41) is 12.5. The van der Waals surface area contributed by atoms with Gasteiger partial charge in [-0.2, -0.15) is 0 Å². The molecule has 3 fully saturated rings. The molecule has 0 aromatic heterocycles. The Bertz CT molecular complexity index is 325. The van der Waals surface area contributed by atoms with Gasteiger partial charge >= 0.3 is 5.97 Å². The van der Waals surface area contributed by atoms with Gasteiger partial charge in [0.25, 0.3) is 0 Å². The Balaban J connectivity index is 1.62. The van der Waals surface area contributed by atoms with Crippen molar-refractivity contribution in [2.45, 2.75) is 57.0 Å². The van der Waals surface area contributed by atoms with Gasteiger partial charge in [-0.05, 0) is 70.0 Å². The third kappa shape index (κ3) is 2.79. The second-order valence-electron chi connectivity index (χ2n) is 6.54. The quantitative estimate of drug-likeness (QED) is 0.813. The lowest BCUT2D eigenvalue weighted by Crippen LogP contribution is -2.63. The molecule has 3 aliphatic heterocycles. The van der Waals surface area contributed by atoms with Crippen LogP contribution in [0.25, 0.3) is 0 Å². The highest BCUT2D eigenvalue weighted by atomic mass is 16.4. The first kappa shape index (κ1) is 13.4. The van der Waals surface area contributed by atoms with Crippen molar-refractivity contribution < 1.29 is 9.90 Å². The normalized spacial score (nSPS) is 38.7. The lowest BCUT2D eigenvalue weighted by molar-refractivity contribution is -0.137. The van der Waals surface area contributed by atoms with E-state index in [0.717, 1.165) is 37.3 Å². The van der Waals surface area contributed by atoms with Crippen LogP contribution in [0.5, 0.6) is 0 Å². The average molecular weight is 266 g/mol. The molecule has 0 aromatic rings. The maximum absolute atomic E-state index is 10.7. The van der Waals surface area contributed by atoms with E-state index in [2.05, 4.69) is 10.2 Å². The summed E-state index contributed by atoms with van der Waals surface area (Å²) in [4.78, 5) is 13.4. The Labute approximate surface area is 115 Å². The predicted octanol–water partition coefficient (Wildman–Crippen LogP) is 1.70. The van der Waals surface area contributed by atoms with Crippen LogP contribution in [0, 0.1) is 11.8 Å². The second-order valence-corrected chi connectivity index (χ2v) is 6.54. The number of carboxylic acid groups (broad SMARTS) is 1.